The first kappa shape index (κ1) is 25.6. The number of anilines is 1. The maximum Gasteiger partial charge on any atom is 0.319 e. The summed E-state index contributed by atoms with van der Waals surface area (Å²) in [5.41, 5.74) is 1.32. The number of Topliss-reactive ketones (excluding diaryl/α,β-unsaturated/α-hetero) is 1. The summed E-state index contributed by atoms with van der Waals surface area (Å²) < 4.78 is 0. The smallest absolute Gasteiger partial charge is 0.319 e. The van der Waals surface area contributed by atoms with Crippen LogP contribution in [0.2, 0.25) is 0 Å². The standard InChI is InChI=1S/C26H30N4O5/c1-15(2)22(23(32)21-16(3)24(33)30-25(21)34)29-20(31)14-19(17-10-6-4-7-11-17)28-26(35)27-18-12-8-5-9-13-18/h4-13,15-16,19,21-22H,14H2,1-3H3,(H,29,31)(H2,27,28,35)(H,30,33,34)/t16-,19?,21+,22-/m0/s1. The number of carbonyl (C=O) groups excluding carboxylic acids is 5. The minimum atomic E-state index is -1.14. The van der Waals surface area contributed by atoms with Crippen LogP contribution in [0.1, 0.15) is 38.8 Å². The third-order valence-corrected chi connectivity index (χ3v) is 5.97. The Morgan fingerprint density at radius 1 is 0.886 bits per heavy atom. The number of benzene rings is 2. The molecule has 35 heavy (non-hydrogen) atoms. The van der Waals surface area contributed by atoms with Crippen LogP contribution < -0.4 is 21.3 Å². The maximum absolute atomic E-state index is 13.1. The Balaban J connectivity index is 1.72. The average Bonchev–Trinajstić information content (AvgIpc) is 3.08. The Morgan fingerprint density at radius 2 is 1.49 bits per heavy atom. The van der Waals surface area contributed by atoms with Gasteiger partial charge < -0.3 is 16.0 Å². The number of amides is 5. The molecule has 1 fully saturated rings. The Kier molecular flexibility index (Phi) is 8.35. The largest absolute Gasteiger partial charge is 0.346 e. The molecule has 1 aliphatic rings. The van der Waals surface area contributed by atoms with Gasteiger partial charge in [-0.25, -0.2) is 4.79 Å². The highest BCUT2D eigenvalue weighted by atomic mass is 16.2. The lowest BCUT2D eigenvalue weighted by molar-refractivity contribution is -0.137. The minimum Gasteiger partial charge on any atom is -0.346 e. The van der Waals surface area contributed by atoms with Gasteiger partial charge in [-0.3, -0.25) is 24.5 Å². The molecular formula is C26H30N4O5. The van der Waals surface area contributed by atoms with Crippen molar-refractivity contribution in [1.29, 1.82) is 0 Å². The van der Waals surface area contributed by atoms with Crippen LogP contribution in [0.15, 0.2) is 60.7 Å². The molecule has 1 heterocycles. The second kappa shape index (κ2) is 11.4. The molecule has 1 unspecified atom stereocenters. The van der Waals surface area contributed by atoms with E-state index in [0.717, 1.165) is 0 Å². The highest BCUT2D eigenvalue weighted by Crippen LogP contribution is 2.24. The van der Waals surface area contributed by atoms with Crippen LogP contribution in [0, 0.1) is 17.8 Å². The van der Waals surface area contributed by atoms with Crippen molar-refractivity contribution in [1.82, 2.24) is 16.0 Å². The van der Waals surface area contributed by atoms with Crippen molar-refractivity contribution in [3.63, 3.8) is 0 Å². The van der Waals surface area contributed by atoms with Gasteiger partial charge >= 0.3 is 6.03 Å². The Hall–Kier alpha value is -4.01. The number of urea groups is 1. The maximum atomic E-state index is 13.1. The van der Waals surface area contributed by atoms with Crippen molar-refractivity contribution in [2.24, 2.45) is 17.8 Å². The SMILES string of the molecule is CC(C)[C@H](NC(=O)CC(NC(=O)Nc1ccccc1)c1ccccc1)C(=O)[C@@H]1C(=O)NC(=O)[C@H]1C. The highest BCUT2D eigenvalue weighted by molar-refractivity contribution is 6.16. The molecule has 0 radical (unpaired) electrons. The molecule has 0 bridgehead atoms. The third kappa shape index (κ3) is 6.53. The van der Waals surface area contributed by atoms with Gasteiger partial charge in [0, 0.05) is 5.69 Å². The van der Waals surface area contributed by atoms with Crippen LogP contribution in [0.3, 0.4) is 0 Å². The van der Waals surface area contributed by atoms with Gasteiger partial charge in [-0.05, 0) is 23.6 Å². The van der Waals surface area contributed by atoms with Crippen LogP contribution in [0.5, 0.6) is 0 Å². The molecule has 0 saturated carbocycles. The summed E-state index contributed by atoms with van der Waals surface area (Å²) in [5.74, 6) is -4.37. The second-order valence-corrected chi connectivity index (χ2v) is 8.94. The number of nitrogens with one attached hydrogen (secondary N) is 4. The van der Waals surface area contributed by atoms with Crippen LogP contribution in [0.4, 0.5) is 10.5 Å². The molecule has 0 aromatic heterocycles. The summed E-state index contributed by atoms with van der Waals surface area (Å²) >= 11 is 0. The summed E-state index contributed by atoms with van der Waals surface area (Å²) in [7, 11) is 0. The van der Waals surface area contributed by atoms with Crippen LogP contribution >= 0.6 is 0 Å². The Bertz CT molecular complexity index is 1090. The Labute approximate surface area is 204 Å². The molecule has 0 spiro atoms. The molecule has 184 valence electrons. The molecule has 4 N–H and O–H groups in total. The lowest BCUT2D eigenvalue weighted by Gasteiger charge is -2.26. The number of hydrogen-bond acceptors (Lipinski definition) is 5. The first-order chi connectivity index (χ1) is 16.7. The van der Waals surface area contributed by atoms with E-state index in [1.165, 1.54) is 6.92 Å². The molecule has 3 rings (SSSR count). The van der Waals surface area contributed by atoms with E-state index in [1.54, 1.807) is 62.4 Å². The summed E-state index contributed by atoms with van der Waals surface area (Å²) in [6.45, 7) is 5.02. The molecule has 1 aliphatic heterocycles. The number of rotatable bonds is 9. The third-order valence-electron chi connectivity index (χ3n) is 5.97. The van der Waals surface area contributed by atoms with Crippen LogP contribution in [-0.2, 0) is 19.2 Å². The van der Waals surface area contributed by atoms with Crippen molar-refractivity contribution in [3.8, 4) is 0 Å². The number of hydrogen-bond donors (Lipinski definition) is 4. The fourth-order valence-corrected chi connectivity index (χ4v) is 4.03. The van der Waals surface area contributed by atoms with Gasteiger partial charge in [-0.1, -0.05) is 69.3 Å². The molecule has 1 saturated heterocycles. The molecule has 9 heteroatoms. The predicted molar refractivity (Wildman–Crippen MR) is 130 cm³/mol. The van der Waals surface area contributed by atoms with Crippen LogP contribution in [0.25, 0.3) is 0 Å². The van der Waals surface area contributed by atoms with Crippen molar-refractivity contribution in [2.45, 2.75) is 39.3 Å². The monoisotopic (exact) mass is 478 g/mol. The molecule has 9 nitrogen and oxygen atoms in total. The lowest BCUT2D eigenvalue weighted by atomic mass is 9.85. The van der Waals surface area contributed by atoms with E-state index < -0.39 is 53.5 Å². The summed E-state index contributed by atoms with van der Waals surface area (Å²) in [6, 6.07) is 15.8. The first-order valence-corrected chi connectivity index (χ1v) is 11.5. The fraction of sp³-hybridized carbons (Fsp3) is 0.346. The molecule has 2 aromatic carbocycles. The van der Waals surface area contributed by atoms with Gasteiger partial charge in [-0.15, -0.1) is 0 Å². The lowest BCUT2D eigenvalue weighted by Crippen LogP contribution is -2.49. The number of carbonyl (C=O) groups is 5. The Morgan fingerprint density at radius 3 is 2.03 bits per heavy atom. The minimum absolute atomic E-state index is 0.131. The van der Waals surface area contributed by atoms with E-state index in [1.807, 2.05) is 12.1 Å². The number of para-hydroxylation sites is 1. The zero-order valence-corrected chi connectivity index (χ0v) is 19.9. The van der Waals surface area contributed by atoms with Crippen molar-refractivity contribution in [2.75, 3.05) is 5.32 Å². The van der Waals surface area contributed by atoms with E-state index in [0.29, 0.717) is 11.3 Å². The van der Waals surface area contributed by atoms with E-state index in [4.69, 9.17) is 0 Å². The highest BCUT2D eigenvalue weighted by Gasteiger charge is 2.46. The van der Waals surface area contributed by atoms with Gasteiger partial charge in [0.15, 0.2) is 5.78 Å². The fourth-order valence-electron chi connectivity index (χ4n) is 4.03. The normalized spacial score (nSPS) is 19.0. The van der Waals surface area contributed by atoms with Gasteiger partial charge in [0.25, 0.3) is 0 Å². The van der Waals surface area contributed by atoms with E-state index >= 15 is 0 Å². The van der Waals surface area contributed by atoms with E-state index in [-0.39, 0.29) is 12.3 Å². The van der Waals surface area contributed by atoms with Crippen molar-refractivity contribution in [3.05, 3.63) is 66.2 Å². The van der Waals surface area contributed by atoms with E-state index in [2.05, 4.69) is 21.3 Å². The summed E-state index contributed by atoms with van der Waals surface area (Å²) in [4.78, 5) is 62.7. The van der Waals surface area contributed by atoms with E-state index in [9.17, 15) is 24.0 Å². The zero-order valence-electron chi connectivity index (χ0n) is 19.9. The number of ketones is 1. The van der Waals surface area contributed by atoms with Gasteiger partial charge in [0.05, 0.1) is 24.4 Å². The zero-order chi connectivity index (χ0) is 25.5. The molecular weight excluding hydrogens is 448 g/mol. The second-order valence-electron chi connectivity index (χ2n) is 8.94. The molecule has 2 aromatic rings. The van der Waals surface area contributed by atoms with Crippen molar-refractivity contribution < 1.29 is 24.0 Å². The molecule has 4 atom stereocenters. The van der Waals surface area contributed by atoms with Crippen molar-refractivity contribution >= 4 is 35.2 Å². The van der Waals surface area contributed by atoms with Gasteiger partial charge in [-0.2, -0.15) is 0 Å². The predicted octanol–water partition coefficient (Wildman–Crippen LogP) is 2.56. The topological polar surface area (TPSA) is 133 Å². The first-order valence-electron chi connectivity index (χ1n) is 11.5. The van der Waals surface area contributed by atoms with Gasteiger partial charge in [0.2, 0.25) is 17.7 Å². The molecule has 5 amide bonds. The number of imide groups is 1. The summed E-state index contributed by atoms with van der Waals surface area (Å²) in [5, 5.41) is 10.4. The quantitative estimate of drug-likeness (QED) is 0.325. The molecule has 0 aliphatic carbocycles. The summed E-state index contributed by atoms with van der Waals surface area (Å²) in [6.07, 6.45) is -0.131. The average molecular weight is 479 g/mol. The van der Waals surface area contributed by atoms with Crippen LogP contribution in [-0.4, -0.2) is 35.6 Å². The van der Waals surface area contributed by atoms with Gasteiger partial charge in [0.1, 0.15) is 5.92 Å².